The van der Waals surface area contributed by atoms with Crippen LogP contribution in [0.15, 0.2) is 58.7 Å². The summed E-state index contributed by atoms with van der Waals surface area (Å²) < 4.78 is 10.2. The molecule has 176 valence electrons. The number of aliphatic hydroxyl groups excluding tert-OH is 2. The summed E-state index contributed by atoms with van der Waals surface area (Å²) in [7, 11) is 0. The number of ketones is 1. The minimum Gasteiger partial charge on any atom is -0.450 e. The van der Waals surface area contributed by atoms with E-state index in [4.69, 9.17) is 14.6 Å². The zero-order valence-corrected chi connectivity index (χ0v) is 19.8. The second-order valence-electron chi connectivity index (χ2n) is 9.22. The molecule has 2 N–H and O–H groups in total. The Hall–Kier alpha value is -2.28. The van der Waals surface area contributed by atoms with E-state index in [1.54, 1.807) is 6.08 Å². The van der Waals surface area contributed by atoms with Crippen LogP contribution in [0.2, 0.25) is 0 Å². The molecule has 2 rings (SSSR count). The molecule has 32 heavy (non-hydrogen) atoms. The van der Waals surface area contributed by atoms with Crippen molar-refractivity contribution in [3.63, 3.8) is 0 Å². The molecule has 1 aliphatic carbocycles. The van der Waals surface area contributed by atoms with Crippen LogP contribution in [0.1, 0.15) is 53.9 Å². The Morgan fingerprint density at radius 1 is 1.25 bits per heavy atom. The molecule has 3 atom stereocenters. The van der Waals surface area contributed by atoms with Gasteiger partial charge in [0.25, 0.3) is 5.78 Å². The average molecular weight is 445 g/mol. The Balaban J connectivity index is 1.92. The second kappa shape index (κ2) is 11.5. The van der Waals surface area contributed by atoms with E-state index in [9.17, 15) is 14.7 Å². The molecule has 0 radical (unpaired) electrons. The third kappa shape index (κ3) is 6.86. The number of ether oxygens (including phenoxy) is 2. The molecule has 0 saturated carbocycles. The molecular weight excluding hydrogens is 408 g/mol. The number of hydrogen-bond donors (Lipinski definition) is 2. The number of Topliss-reactive ketones (excluding diaryl/α,β-unsaturated/α-hetero) is 1. The quantitative estimate of drug-likeness (QED) is 0.320. The van der Waals surface area contributed by atoms with Crippen molar-refractivity contribution in [2.45, 2.75) is 72.2 Å². The van der Waals surface area contributed by atoms with E-state index in [1.807, 2.05) is 25.2 Å². The lowest BCUT2D eigenvalue weighted by Crippen LogP contribution is -2.40. The maximum Gasteiger partial charge on any atom is 0.378 e. The number of carbonyl (C=O) groups is 2. The smallest absolute Gasteiger partial charge is 0.378 e. The van der Waals surface area contributed by atoms with Crippen molar-refractivity contribution < 1.29 is 29.3 Å². The molecule has 1 unspecified atom stereocenters. The van der Waals surface area contributed by atoms with Crippen LogP contribution in [0.3, 0.4) is 0 Å². The van der Waals surface area contributed by atoms with E-state index in [-0.39, 0.29) is 12.0 Å². The molecule has 2 aliphatic rings. The molecule has 1 aliphatic heterocycles. The summed E-state index contributed by atoms with van der Waals surface area (Å²) in [5.74, 6) is -1.90. The van der Waals surface area contributed by atoms with Crippen LogP contribution in [-0.4, -0.2) is 53.5 Å². The highest BCUT2D eigenvalue weighted by atomic mass is 16.6. The third-order valence-electron chi connectivity index (χ3n) is 6.02. The van der Waals surface area contributed by atoms with Gasteiger partial charge in [0.15, 0.2) is 12.2 Å². The van der Waals surface area contributed by atoms with E-state index in [2.05, 4.69) is 39.8 Å². The Morgan fingerprint density at radius 2 is 1.97 bits per heavy atom. The van der Waals surface area contributed by atoms with E-state index < -0.39 is 36.7 Å². The number of cyclic esters (lactones) is 1. The Kier molecular flexibility index (Phi) is 9.37. The summed E-state index contributed by atoms with van der Waals surface area (Å²) in [5, 5.41) is 18.8. The van der Waals surface area contributed by atoms with Gasteiger partial charge in [-0.05, 0) is 51.0 Å². The number of carbonyl (C=O) groups excluding carboxylic acids is 2. The van der Waals surface area contributed by atoms with Gasteiger partial charge in [-0.15, -0.1) is 0 Å². The van der Waals surface area contributed by atoms with E-state index >= 15 is 0 Å². The van der Waals surface area contributed by atoms with Crippen LogP contribution >= 0.6 is 0 Å². The molecular formula is C26H36O6. The summed E-state index contributed by atoms with van der Waals surface area (Å²) in [4.78, 5) is 23.3. The number of allylic oxidation sites excluding steroid dienone is 9. The van der Waals surface area contributed by atoms with Crippen LogP contribution in [0.5, 0.6) is 0 Å². The third-order valence-corrected chi connectivity index (χ3v) is 6.02. The summed E-state index contributed by atoms with van der Waals surface area (Å²) in [5.41, 5.74) is 5.18. The maximum atomic E-state index is 11.9. The van der Waals surface area contributed by atoms with Crippen molar-refractivity contribution in [1.82, 2.24) is 0 Å². The summed E-state index contributed by atoms with van der Waals surface area (Å²) in [6.07, 6.45) is 11.9. The molecule has 0 amide bonds. The number of aliphatic hydroxyl groups is 2. The monoisotopic (exact) mass is 444 g/mol. The highest BCUT2D eigenvalue weighted by molar-refractivity contribution is 6.37. The first-order valence-corrected chi connectivity index (χ1v) is 11.1. The van der Waals surface area contributed by atoms with E-state index in [1.165, 1.54) is 30.4 Å². The van der Waals surface area contributed by atoms with Gasteiger partial charge in [0.05, 0.1) is 13.2 Å². The molecule has 6 nitrogen and oxygen atoms in total. The highest BCUT2D eigenvalue weighted by Gasteiger charge is 2.47. The minimum atomic E-state index is -1.36. The average Bonchev–Trinajstić information content (AvgIpc) is 3.01. The normalized spacial score (nSPS) is 25.8. The molecule has 0 spiro atoms. The molecule has 0 bridgehead atoms. The van der Waals surface area contributed by atoms with Gasteiger partial charge in [-0.2, -0.15) is 0 Å². The first-order chi connectivity index (χ1) is 15.1. The summed E-state index contributed by atoms with van der Waals surface area (Å²) >= 11 is 0. The van der Waals surface area contributed by atoms with Crippen LogP contribution < -0.4 is 0 Å². The van der Waals surface area contributed by atoms with Crippen LogP contribution in [0.4, 0.5) is 0 Å². The zero-order chi connectivity index (χ0) is 23.9. The topological polar surface area (TPSA) is 93.1 Å². The number of rotatable bonds is 9. The van der Waals surface area contributed by atoms with Gasteiger partial charge < -0.3 is 19.7 Å². The lowest BCUT2D eigenvalue weighted by atomic mass is 9.72. The van der Waals surface area contributed by atoms with Gasteiger partial charge >= 0.3 is 5.97 Å². The first-order valence-electron chi connectivity index (χ1n) is 11.1. The predicted molar refractivity (Wildman–Crippen MR) is 124 cm³/mol. The van der Waals surface area contributed by atoms with E-state index in [0.29, 0.717) is 0 Å². The van der Waals surface area contributed by atoms with Gasteiger partial charge in [-0.25, -0.2) is 4.79 Å². The SMILES string of the molecule is CC(C=CC1=C(C)CCCC1(C)C)=CC=CC(C)=CCOC1C(=O)C(=O)O[C@@H]1[C@@H](O)CO. The Bertz CT molecular complexity index is 856. The minimum absolute atomic E-state index is 0.0724. The van der Waals surface area contributed by atoms with Gasteiger partial charge in [0, 0.05) is 0 Å². The second-order valence-corrected chi connectivity index (χ2v) is 9.22. The lowest BCUT2D eigenvalue weighted by molar-refractivity contribution is -0.152. The molecule has 1 fully saturated rings. The van der Waals surface area contributed by atoms with Crippen molar-refractivity contribution in [3.05, 3.63) is 58.7 Å². The Labute approximate surface area is 191 Å². The summed E-state index contributed by atoms with van der Waals surface area (Å²) in [6.45, 7) is 10.2. The van der Waals surface area contributed by atoms with Crippen LogP contribution in [0, 0.1) is 5.41 Å². The predicted octanol–water partition coefficient (Wildman–Crippen LogP) is 3.75. The maximum absolute atomic E-state index is 11.9. The van der Waals surface area contributed by atoms with Crippen molar-refractivity contribution >= 4 is 11.8 Å². The Morgan fingerprint density at radius 3 is 2.62 bits per heavy atom. The fraction of sp³-hybridized carbons (Fsp3) is 0.538. The van der Waals surface area contributed by atoms with Gasteiger partial charge in [0.1, 0.15) is 6.10 Å². The zero-order valence-electron chi connectivity index (χ0n) is 19.8. The summed E-state index contributed by atoms with van der Waals surface area (Å²) in [6, 6.07) is 0. The van der Waals surface area contributed by atoms with Crippen molar-refractivity contribution in [2.24, 2.45) is 5.41 Å². The van der Waals surface area contributed by atoms with Crippen LogP contribution in [0.25, 0.3) is 0 Å². The molecule has 6 heteroatoms. The number of hydrogen-bond acceptors (Lipinski definition) is 6. The standard InChI is InChI=1S/C26H36O6/c1-17(11-12-20-19(3)10-7-14-26(20,4)5)8-6-9-18(2)13-15-31-24-22(29)25(30)32-23(24)21(28)16-27/h6,8-9,11-13,21,23-24,27-28H,7,10,14-16H2,1-5H3/t21-,23+,24?/m0/s1. The molecule has 1 heterocycles. The van der Waals surface area contributed by atoms with Gasteiger partial charge in [0.2, 0.25) is 0 Å². The lowest BCUT2D eigenvalue weighted by Gasteiger charge is -2.32. The highest BCUT2D eigenvalue weighted by Crippen LogP contribution is 2.40. The molecule has 0 aromatic heterocycles. The van der Waals surface area contributed by atoms with E-state index in [0.717, 1.165) is 11.1 Å². The van der Waals surface area contributed by atoms with Crippen LogP contribution in [-0.2, 0) is 19.1 Å². The van der Waals surface area contributed by atoms with Gasteiger partial charge in [-0.1, -0.05) is 67.0 Å². The van der Waals surface area contributed by atoms with Crippen molar-refractivity contribution in [1.29, 1.82) is 0 Å². The fourth-order valence-electron chi connectivity index (χ4n) is 4.05. The molecule has 0 aromatic rings. The van der Waals surface area contributed by atoms with Crippen molar-refractivity contribution in [2.75, 3.05) is 13.2 Å². The fourth-order valence-corrected chi connectivity index (χ4v) is 4.05. The molecule has 0 aromatic carbocycles. The molecule has 1 saturated heterocycles. The van der Waals surface area contributed by atoms with Crippen molar-refractivity contribution in [3.8, 4) is 0 Å². The number of esters is 1. The van der Waals surface area contributed by atoms with Gasteiger partial charge in [-0.3, -0.25) is 4.79 Å². The first kappa shape index (κ1) is 26.0. The largest absolute Gasteiger partial charge is 0.450 e.